The minimum Gasteiger partial charge on any atom is -0.481 e. The number of aliphatic carboxylic acids is 1. The van der Waals surface area contributed by atoms with Crippen molar-refractivity contribution in [3.8, 4) is 6.07 Å². The van der Waals surface area contributed by atoms with E-state index < -0.39 is 11.4 Å². The van der Waals surface area contributed by atoms with E-state index in [1.54, 1.807) is 0 Å². The van der Waals surface area contributed by atoms with Crippen molar-refractivity contribution in [3.63, 3.8) is 0 Å². The quantitative estimate of drug-likeness (QED) is 0.640. The van der Waals surface area contributed by atoms with E-state index >= 15 is 0 Å². The molecule has 5 heteroatoms. The lowest BCUT2D eigenvalue weighted by Crippen LogP contribution is -2.33. The molecule has 5 nitrogen and oxygen atoms in total. The Bertz CT molecular complexity index is 279. The van der Waals surface area contributed by atoms with Gasteiger partial charge in [0, 0.05) is 19.4 Å². The van der Waals surface area contributed by atoms with Gasteiger partial charge < -0.3 is 10.4 Å². The molecule has 0 rings (SSSR count). The Kier molecular flexibility index (Phi) is 5.39. The van der Waals surface area contributed by atoms with Crippen LogP contribution in [0.2, 0.25) is 0 Å². The molecule has 0 saturated carbocycles. The fourth-order valence-electron chi connectivity index (χ4n) is 0.935. The van der Waals surface area contributed by atoms with Crippen LogP contribution < -0.4 is 5.32 Å². The normalized spacial score (nSPS) is 10.5. The van der Waals surface area contributed by atoms with Crippen LogP contribution in [0.4, 0.5) is 0 Å². The zero-order chi connectivity index (χ0) is 11.9. The molecule has 0 aromatic heterocycles. The molecule has 0 radical (unpaired) electrons. The van der Waals surface area contributed by atoms with Gasteiger partial charge in [-0.2, -0.15) is 5.26 Å². The van der Waals surface area contributed by atoms with Gasteiger partial charge in [0.25, 0.3) is 0 Å². The van der Waals surface area contributed by atoms with Gasteiger partial charge in [0.05, 0.1) is 11.5 Å². The molecule has 84 valence electrons. The highest BCUT2D eigenvalue weighted by Crippen LogP contribution is 2.19. The van der Waals surface area contributed by atoms with Gasteiger partial charge in [-0.05, 0) is 20.3 Å². The molecule has 0 saturated heterocycles. The molecular formula is C10H16N2O3. The van der Waals surface area contributed by atoms with Crippen LogP contribution in [0.15, 0.2) is 0 Å². The number of carbonyl (C=O) groups excluding carboxylic acids is 1. The molecule has 0 fully saturated rings. The van der Waals surface area contributed by atoms with Gasteiger partial charge in [0.2, 0.25) is 5.91 Å². The first-order valence-electron chi connectivity index (χ1n) is 4.77. The summed E-state index contributed by atoms with van der Waals surface area (Å²) in [7, 11) is 0. The highest BCUT2D eigenvalue weighted by molar-refractivity contribution is 5.84. The van der Waals surface area contributed by atoms with Crippen molar-refractivity contribution in [2.45, 2.75) is 33.1 Å². The van der Waals surface area contributed by atoms with E-state index in [4.69, 9.17) is 10.4 Å². The lowest BCUT2D eigenvalue weighted by atomic mass is 9.89. The molecular weight excluding hydrogens is 196 g/mol. The van der Waals surface area contributed by atoms with E-state index in [1.807, 2.05) is 6.07 Å². The molecule has 0 bridgehead atoms. The highest BCUT2D eigenvalue weighted by Gasteiger charge is 2.29. The number of hydrogen-bond donors (Lipinski definition) is 2. The van der Waals surface area contributed by atoms with Crippen molar-refractivity contribution in [1.29, 1.82) is 5.26 Å². The van der Waals surface area contributed by atoms with Crippen molar-refractivity contribution < 1.29 is 14.7 Å². The summed E-state index contributed by atoms with van der Waals surface area (Å²) in [6, 6.07) is 1.96. The first-order valence-corrected chi connectivity index (χ1v) is 4.77. The van der Waals surface area contributed by atoms with E-state index in [0.29, 0.717) is 19.4 Å². The molecule has 0 aliphatic heterocycles. The summed E-state index contributed by atoms with van der Waals surface area (Å²) in [6.07, 6.45) is 0.938. The predicted octanol–water partition coefficient (Wildman–Crippen LogP) is 0.907. The first-order chi connectivity index (χ1) is 6.90. The number of carboxylic acids is 1. The second kappa shape index (κ2) is 6.02. The van der Waals surface area contributed by atoms with Crippen molar-refractivity contribution in [1.82, 2.24) is 5.32 Å². The molecule has 0 aliphatic carbocycles. The number of carbonyl (C=O) groups is 2. The summed E-state index contributed by atoms with van der Waals surface area (Å²) in [4.78, 5) is 22.0. The number of nitrogens with zero attached hydrogens (tertiary/aromatic N) is 1. The third-order valence-corrected chi connectivity index (χ3v) is 1.97. The van der Waals surface area contributed by atoms with Crippen LogP contribution in [0.3, 0.4) is 0 Å². The monoisotopic (exact) mass is 212 g/mol. The SMILES string of the molecule is CC(C)(CC(=O)NCCCC#N)C(=O)O. The third-order valence-electron chi connectivity index (χ3n) is 1.97. The molecule has 0 aromatic rings. The molecule has 0 aromatic carbocycles. The molecule has 0 spiro atoms. The van der Waals surface area contributed by atoms with Crippen LogP contribution >= 0.6 is 0 Å². The van der Waals surface area contributed by atoms with Crippen molar-refractivity contribution >= 4 is 11.9 Å². The van der Waals surface area contributed by atoms with Gasteiger partial charge in [-0.3, -0.25) is 9.59 Å². The number of unbranched alkanes of at least 4 members (excludes halogenated alkanes) is 1. The maximum absolute atomic E-state index is 11.3. The number of hydrogen-bond acceptors (Lipinski definition) is 3. The lowest BCUT2D eigenvalue weighted by molar-refractivity contribution is -0.149. The van der Waals surface area contributed by atoms with Crippen molar-refractivity contribution in [2.24, 2.45) is 5.41 Å². The summed E-state index contributed by atoms with van der Waals surface area (Å²) in [5, 5.41) is 19.6. The van der Waals surface area contributed by atoms with E-state index in [0.717, 1.165) is 0 Å². The maximum Gasteiger partial charge on any atom is 0.309 e. The Morgan fingerprint density at radius 2 is 2.07 bits per heavy atom. The maximum atomic E-state index is 11.3. The summed E-state index contributed by atoms with van der Waals surface area (Å²) in [5.41, 5.74) is -1.04. The fraction of sp³-hybridized carbons (Fsp3) is 0.700. The average Bonchev–Trinajstić information content (AvgIpc) is 2.11. The molecule has 0 atom stereocenters. The Labute approximate surface area is 89.1 Å². The second-order valence-corrected chi connectivity index (χ2v) is 3.98. The molecule has 0 unspecified atom stereocenters. The summed E-state index contributed by atoms with van der Waals surface area (Å²) in [5.74, 6) is -1.28. The first kappa shape index (κ1) is 13.4. The summed E-state index contributed by atoms with van der Waals surface area (Å²) in [6.45, 7) is 3.43. The van der Waals surface area contributed by atoms with E-state index in [9.17, 15) is 9.59 Å². The number of nitrogens with one attached hydrogen (secondary N) is 1. The largest absolute Gasteiger partial charge is 0.481 e. The van der Waals surface area contributed by atoms with E-state index in [1.165, 1.54) is 13.8 Å². The average molecular weight is 212 g/mol. The molecule has 1 amide bonds. The van der Waals surface area contributed by atoms with Gasteiger partial charge in [-0.15, -0.1) is 0 Å². The Morgan fingerprint density at radius 3 is 2.53 bits per heavy atom. The molecule has 0 heterocycles. The van der Waals surface area contributed by atoms with Crippen molar-refractivity contribution in [3.05, 3.63) is 0 Å². The molecule has 0 aliphatic rings. The van der Waals surface area contributed by atoms with Crippen LogP contribution in [0.25, 0.3) is 0 Å². The van der Waals surface area contributed by atoms with Gasteiger partial charge in [-0.1, -0.05) is 0 Å². The van der Waals surface area contributed by atoms with Gasteiger partial charge in [0.1, 0.15) is 0 Å². The zero-order valence-electron chi connectivity index (χ0n) is 9.04. The van der Waals surface area contributed by atoms with Crippen molar-refractivity contribution in [2.75, 3.05) is 6.54 Å². The summed E-state index contributed by atoms with van der Waals surface area (Å²) < 4.78 is 0. The van der Waals surface area contributed by atoms with Crippen LogP contribution in [0.1, 0.15) is 33.1 Å². The minimum absolute atomic E-state index is 0.0467. The Morgan fingerprint density at radius 1 is 1.47 bits per heavy atom. The predicted molar refractivity (Wildman–Crippen MR) is 53.9 cm³/mol. The third kappa shape index (κ3) is 5.68. The molecule has 2 N–H and O–H groups in total. The topological polar surface area (TPSA) is 90.2 Å². The van der Waals surface area contributed by atoms with Gasteiger partial charge in [-0.25, -0.2) is 0 Å². The smallest absolute Gasteiger partial charge is 0.309 e. The Balaban J connectivity index is 3.85. The van der Waals surface area contributed by atoms with Crippen LogP contribution in [-0.4, -0.2) is 23.5 Å². The van der Waals surface area contributed by atoms with Crippen LogP contribution in [0, 0.1) is 16.7 Å². The fourth-order valence-corrected chi connectivity index (χ4v) is 0.935. The van der Waals surface area contributed by atoms with Gasteiger partial charge in [0.15, 0.2) is 0 Å². The van der Waals surface area contributed by atoms with E-state index in [2.05, 4.69) is 5.32 Å². The number of nitriles is 1. The summed E-state index contributed by atoms with van der Waals surface area (Å²) >= 11 is 0. The minimum atomic E-state index is -1.04. The second-order valence-electron chi connectivity index (χ2n) is 3.98. The molecule has 15 heavy (non-hydrogen) atoms. The number of rotatable bonds is 6. The Hall–Kier alpha value is -1.57. The standard InChI is InChI=1S/C10H16N2O3/c1-10(2,9(14)15)7-8(13)12-6-4-3-5-11/h3-4,6-7H2,1-2H3,(H,12,13)(H,14,15). The highest BCUT2D eigenvalue weighted by atomic mass is 16.4. The van der Waals surface area contributed by atoms with Crippen LogP contribution in [0.5, 0.6) is 0 Å². The number of amides is 1. The van der Waals surface area contributed by atoms with E-state index in [-0.39, 0.29) is 12.3 Å². The number of carboxylic acid groups (broad SMARTS) is 1. The zero-order valence-corrected chi connectivity index (χ0v) is 9.04. The van der Waals surface area contributed by atoms with Crippen LogP contribution in [-0.2, 0) is 9.59 Å². The van der Waals surface area contributed by atoms with Gasteiger partial charge >= 0.3 is 5.97 Å². The lowest BCUT2D eigenvalue weighted by Gasteiger charge is -2.17.